The minimum Gasteiger partial charge on any atom is -0.480 e. The Morgan fingerprint density at radius 2 is 1.70 bits per heavy atom. The lowest BCUT2D eigenvalue weighted by Gasteiger charge is -2.18. The van der Waals surface area contributed by atoms with Gasteiger partial charge in [-0.15, -0.1) is 0 Å². The van der Waals surface area contributed by atoms with Gasteiger partial charge in [0.25, 0.3) is 0 Å². The molecule has 5 N–H and O–H groups in total. The van der Waals surface area contributed by atoms with E-state index in [0.29, 0.717) is 0 Å². The van der Waals surface area contributed by atoms with Gasteiger partial charge in [-0.05, 0) is 20.3 Å². The number of carbonyl (C=O) groups is 6. The van der Waals surface area contributed by atoms with Gasteiger partial charge in [0, 0.05) is 12.2 Å². The number of thioether (sulfide) groups is 1. The Kier molecular flexibility index (Phi) is 13.9. The van der Waals surface area contributed by atoms with Crippen LogP contribution in [0.2, 0.25) is 0 Å². The molecule has 2 amide bonds. The fraction of sp³-hybridized carbons (Fsp3) is 0.647. The van der Waals surface area contributed by atoms with Crippen LogP contribution in [0.3, 0.4) is 0 Å². The number of hydrogen-bond donors (Lipinski definition) is 4. The molecule has 0 spiro atoms. The number of amides is 2. The van der Waals surface area contributed by atoms with Crippen molar-refractivity contribution in [2.24, 2.45) is 5.73 Å². The number of rotatable bonds is 15. The highest BCUT2D eigenvalue weighted by atomic mass is 32.2. The molecule has 0 aromatic rings. The summed E-state index contributed by atoms with van der Waals surface area (Å²) in [6.07, 6.45) is -0.394. The first-order valence-electron chi connectivity index (χ1n) is 9.11. The second-order valence-electron chi connectivity index (χ2n) is 5.79. The van der Waals surface area contributed by atoms with Gasteiger partial charge in [-0.1, -0.05) is 0 Å². The number of nitrogens with one attached hydrogen (secondary N) is 2. The van der Waals surface area contributed by atoms with E-state index in [-0.39, 0.29) is 37.6 Å². The number of carboxylic acid groups (broad SMARTS) is 1. The van der Waals surface area contributed by atoms with Crippen molar-refractivity contribution in [1.82, 2.24) is 10.6 Å². The molecule has 12 nitrogen and oxygen atoms in total. The number of aliphatic carboxylic acids is 1. The van der Waals surface area contributed by atoms with Gasteiger partial charge in [0.1, 0.15) is 18.6 Å². The quantitative estimate of drug-likeness (QED) is 0.163. The Morgan fingerprint density at radius 3 is 2.27 bits per heavy atom. The molecule has 13 heteroatoms. The van der Waals surface area contributed by atoms with E-state index in [9.17, 15) is 28.8 Å². The van der Waals surface area contributed by atoms with Crippen LogP contribution < -0.4 is 16.4 Å². The fourth-order valence-electron chi connectivity index (χ4n) is 1.89. The monoisotopic (exact) mass is 449 g/mol. The first-order chi connectivity index (χ1) is 14.1. The molecule has 0 aliphatic carbocycles. The summed E-state index contributed by atoms with van der Waals surface area (Å²) < 4.78 is 9.26. The Hall–Kier alpha value is -2.67. The number of nitrogens with two attached hydrogens (primary N) is 1. The lowest BCUT2D eigenvalue weighted by molar-refractivity contribution is -0.152. The molecule has 2 unspecified atom stereocenters. The molecule has 170 valence electrons. The van der Waals surface area contributed by atoms with E-state index in [1.165, 1.54) is 0 Å². The van der Waals surface area contributed by atoms with E-state index in [1.807, 2.05) is 0 Å². The number of esters is 2. The van der Waals surface area contributed by atoms with E-state index in [1.54, 1.807) is 13.8 Å². The predicted octanol–water partition coefficient (Wildman–Crippen LogP) is -1.79. The second-order valence-corrected chi connectivity index (χ2v) is 6.82. The van der Waals surface area contributed by atoms with Crippen LogP contribution in [0.25, 0.3) is 0 Å². The molecular formula is C17H27N3O9S. The number of ether oxygens (including phenoxy) is 2. The van der Waals surface area contributed by atoms with Crippen molar-refractivity contribution in [3.63, 3.8) is 0 Å². The van der Waals surface area contributed by atoms with Crippen molar-refractivity contribution in [2.45, 2.75) is 38.8 Å². The molecule has 0 aliphatic rings. The van der Waals surface area contributed by atoms with Gasteiger partial charge in [0.05, 0.1) is 19.0 Å². The Balaban J connectivity index is 4.81. The molecule has 30 heavy (non-hydrogen) atoms. The molecule has 0 saturated heterocycles. The van der Waals surface area contributed by atoms with Gasteiger partial charge in [0.2, 0.25) is 17.6 Å². The highest BCUT2D eigenvalue weighted by Gasteiger charge is 2.24. The summed E-state index contributed by atoms with van der Waals surface area (Å²) in [4.78, 5) is 69.4. The Bertz CT molecular complexity index is 642. The van der Waals surface area contributed by atoms with E-state index in [2.05, 4.69) is 15.4 Å². The fourth-order valence-corrected chi connectivity index (χ4v) is 2.79. The molecule has 0 saturated carbocycles. The Morgan fingerprint density at radius 1 is 1.07 bits per heavy atom. The molecule has 0 aliphatic heterocycles. The van der Waals surface area contributed by atoms with Crippen LogP contribution in [0.1, 0.15) is 26.7 Å². The van der Waals surface area contributed by atoms with Crippen molar-refractivity contribution in [2.75, 3.05) is 31.3 Å². The van der Waals surface area contributed by atoms with E-state index in [0.717, 1.165) is 11.8 Å². The summed E-state index contributed by atoms with van der Waals surface area (Å²) in [5.74, 6) is -5.45. The first-order valence-corrected chi connectivity index (χ1v) is 10.3. The molecule has 0 aromatic carbocycles. The number of ketones is 1. The van der Waals surface area contributed by atoms with Crippen molar-refractivity contribution >= 4 is 47.3 Å². The maximum absolute atomic E-state index is 12.3. The number of hydrogen-bond acceptors (Lipinski definition) is 10. The lowest BCUT2D eigenvalue weighted by atomic mass is 10.1. The third-order valence-electron chi connectivity index (χ3n) is 3.38. The van der Waals surface area contributed by atoms with Gasteiger partial charge < -0.3 is 30.9 Å². The van der Waals surface area contributed by atoms with E-state index < -0.39 is 54.1 Å². The summed E-state index contributed by atoms with van der Waals surface area (Å²) in [7, 11) is 0. The van der Waals surface area contributed by atoms with Crippen molar-refractivity contribution in [3.8, 4) is 0 Å². The molecule has 0 fully saturated rings. The zero-order chi connectivity index (χ0) is 23.1. The van der Waals surface area contributed by atoms with Gasteiger partial charge in [-0.2, -0.15) is 11.8 Å². The van der Waals surface area contributed by atoms with Crippen molar-refractivity contribution in [3.05, 3.63) is 0 Å². The van der Waals surface area contributed by atoms with Crippen LogP contribution in [0.5, 0.6) is 0 Å². The van der Waals surface area contributed by atoms with Gasteiger partial charge in [-0.25, -0.2) is 4.79 Å². The van der Waals surface area contributed by atoms with Crippen molar-refractivity contribution in [1.29, 1.82) is 0 Å². The normalized spacial score (nSPS) is 12.2. The molecule has 0 bridgehead atoms. The molecular weight excluding hydrogens is 422 g/mol. The molecule has 2 atom stereocenters. The molecule has 0 aromatic heterocycles. The highest BCUT2D eigenvalue weighted by Crippen LogP contribution is 2.06. The van der Waals surface area contributed by atoms with Crippen molar-refractivity contribution < 1.29 is 43.3 Å². The van der Waals surface area contributed by atoms with Gasteiger partial charge in [-0.3, -0.25) is 24.0 Å². The van der Waals surface area contributed by atoms with Crippen LogP contribution in [0.15, 0.2) is 0 Å². The largest absolute Gasteiger partial charge is 0.480 e. The smallest absolute Gasteiger partial charge is 0.375 e. The predicted molar refractivity (Wildman–Crippen MR) is 105 cm³/mol. The van der Waals surface area contributed by atoms with Gasteiger partial charge in [0.15, 0.2) is 0 Å². The maximum atomic E-state index is 12.3. The number of Topliss-reactive ketones (excluding diaryl/α,β-unsaturated/α-hetero) is 1. The molecule has 0 rings (SSSR count). The average Bonchev–Trinajstić information content (AvgIpc) is 2.69. The topological polar surface area (TPSA) is 191 Å². The summed E-state index contributed by atoms with van der Waals surface area (Å²) in [5, 5.41) is 13.4. The zero-order valence-corrected chi connectivity index (χ0v) is 17.6. The van der Waals surface area contributed by atoms with Gasteiger partial charge >= 0.3 is 17.9 Å². The van der Waals surface area contributed by atoms with Crippen LogP contribution in [-0.2, 0) is 38.2 Å². The Labute approximate surface area is 177 Å². The van der Waals surface area contributed by atoms with Crippen LogP contribution in [0.4, 0.5) is 0 Å². The summed E-state index contributed by atoms with van der Waals surface area (Å²) in [5.41, 5.74) is 5.34. The van der Waals surface area contributed by atoms with Crippen LogP contribution >= 0.6 is 11.8 Å². The summed E-state index contributed by atoms with van der Waals surface area (Å²) >= 11 is 0.907. The second kappa shape index (κ2) is 15.2. The number of carbonyl (C=O) groups excluding carboxylic acids is 5. The van der Waals surface area contributed by atoms with E-state index >= 15 is 0 Å². The first kappa shape index (κ1) is 27.3. The van der Waals surface area contributed by atoms with Crippen LogP contribution in [0, 0.1) is 0 Å². The lowest BCUT2D eigenvalue weighted by Crippen LogP contribution is -2.49. The third-order valence-corrected chi connectivity index (χ3v) is 4.42. The standard InChI is InChI=1S/C17H27N3O9S/c1-3-28-14(23)7-19-15(24)11(8-30-9-12(21)17(27)29-4-2)20-13(22)6-5-10(18)16(25)26/h10-11H,3-9,18H2,1-2H3,(H,19,24)(H,20,22)(H,25,26). The highest BCUT2D eigenvalue weighted by molar-refractivity contribution is 8.00. The van der Waals surface area contributed by atoms with Crippen LogP contribution in [-0.4, -0.2) is 84.0 Å². The van der Waals surface area contributed by atoms with E-state index in [4.69, 9.17) is 15.6 Å². The minimum atomic E-state index is -1.26. The average molecular weight is 449 g/mol. The number of carboxylic acids is 1. The maximum Gasteiger partial charge on any atom is 0.375 e. The summed E-state index contributed by atoms with van der Waals surface area (Å²) in [6, 6.07) is -2.38. The third kappa shape index (κ3) is 12.0. The molecule has 0 radical (unpaired) electrons. The molecule has 0 heterocycles. The zero-order valence-electron chi connectivity index (χ0n) is 16.8. The summed E-state index contributed by atoms with van der Waals surface area (Å²) in [6.45, 7) is 2.90. The minimum absolute atomic E-state index is 0.0443. The SMILES string of the molecule is CCOC(=O)CNC(=O)C(CSCC(=O)C(=O)OCC)NC(=O)CCC(N)C(=O)O.